The van der Waals surface area contributed by atoms with Gasteiger partial charge >= 0.3 is 0 Å². The van der Waals surface area contributed by atoms with Crippen LogP contribution in [0.3, 0.4) is 0 Å². The Morgan fingerprint density at radius 1 is 1.03 bits per heavy atom. The molecule has 0 bridgehead atoms. The first-order chi connectivity index (χ1) is 14.1. The Morgan fingerprint density at radius 2 is 1.79 bits per heavy atom. The molecule has 1 aromatic carbocycles. The van der Waals surface area contributed by atoms with Crippen LogP contribution in [0.25, 0.3) is 0 Å². The fourth-order valence-corrected chi connectivity index (χ4v) is 5.01. The van der Waals surface area contributed by atoms with Crippen molar-refractivity contribution in [1.29, 1.82) is 0 Å². The van der Waals surface area contributed by atoms with Gasteiger partial charge in [0.25, 0.3) is 5.91 Å². The first-order valence-electron chi connectivity index (χ1n) is 10.5. The molecule has 154 valence electrons. The molecule has 0 unspecified atom stereocenters. The van der Waals surface area contributed by atoms with E-state index in [1.165, 1.54) is 22.5 Å². The molecule has 0 saturated carbocycles. The molecule has 6 heteroatoms. The van der Waals surface area contributed by atoms with Crippen molar-refractivity contribution >= 4 is 23.2 Å². The fourth-order valence-electron chi connectivity index (χ4n) is 4.31. The lowest BCUT2D eigenvalue weighted by Gasteiger charge is -2.39. The third kappa shape index (κ3) is 4.87. The molecule has 0 spiro atoms. The summed E-state index contributed by atoms with van der Waals surface area (Å²) >= 11 is 1.51. The summed E-state index contributed by atoms with van der Waals surface area (Å²) in [6.45, 7) is 6.93. The van der Waals surface area contributed by atoms with Crippen molar-refractivity contribution in [3.8, 4) is 0 Å². The molecule has 0 N–H and O–H groups in total. The van der Waals surface area contributed by atoms with Gasteiger partial charge < -0.3 is 9.80 Å². The number of piperazine rings is 1. The van der Waals surface area contributed by atoms with Crippen molar-refractivity contribution in [3.63, 3.8) is 0 Å². The van der Waals surface area contributed by atoms with Crippen LogP contribution in [-0.4, -0.2) is 65.3 Å². The third-order valence-electron chi connectivity index (χ3n) is 6.12. The van der Waals surface area contributed by atoms with Gasteiger partial charge in [0.1, 0.15) is 0 Å². The van der Waals surface area contributed by atoms with Crippen LogP contribution in [0.4, 0.5) is 0 Å². The minimum atomic E-state index is 0.153. The summed E-state index contributed by atoms with van der Waals surface area (Å²) in [7, 11) is 0. The standard InChI is InChI=1S/C23H29N3O2S/c1-18-4-6-19(7-5-18)17-26-11-10-20(8-9-22(26)27)24-12-14-25(15-13-24)23(28)21-3-2-16-29-21/h2-7,16,20H,8-15,17H2,1H3/t20-/m0/s1. The van der Waals surface area contributed by atoms with Crippen molar-refractivity contribution in [1.82, 2.24) is 14.7 Å². The van der Waals surface area contributed by atoms with Gasteiger partial charge in [0.05, 0.1) is 4.88 Å². The summed E-state index contributed by atoms with van der Waals surface area (Å²) in [6.07, 6.45) is 2.55. The van der Waals surface area contributed by atoms with E-state index < -0.39 is 0 Å². The molecule has 3 heterocycles. The molecular formula is C23H29N3O2S. The second kappa shape index (κ2) is 9.09. The number of nitrogens with zero attached hydrogens (tertiary/aromatic N) is 3. The van der Waals surface area contributed by atoms with Crippen LogP contribution in [0.5, 0.6) is 0 Å². The highest BCUT2D eigenvalue weighted by molar-refractivity contribution is 7.12. The molecule has 1 aromatic heterocycles. The molecule has 1 atom stereocenters. The van der Waals surface area contributed by atoms with Gasteiger partial charge in [-0.3, -0.25) is 14.5 Å². The number of likely N-dealkylation sites (tertiary alicyclic amines) is 1. The zero-order chi connectivity index (χ0) is 20.2. The van der Waals surface area contributed by atoms with Gasteiger partial charge in [-0.15, -0.1) is 11.3 Å². The van der Waals surface area contributed by atoms with Crippen LogP contribution < -0.4 is 0 Å². The quantitative estimate of drug-likeness (QED) is 0.775. The minimum absolute atomic E-state index is 0.153. The first-order valence-corrected chi connectivity index (χ1v) is 11.4. The average molecular weight is 412 g/mol. The summed E-state index contributed by atoms with van der Waals surface area (Å²) in [6, 6.07) is 12.7. The van der Waals surface area contributed by atoms with Crippen molar-refractivity contribution in [2.75, 3.05) is 32.7 Å². The lowest BCUT2D eigenvalue weighted by atomic mass is 10.1. The highest BCUT2D eigenvalue weighted by atomic mass is 32.1. The summed E-state index contributed by atoms with van der Waals surface area (Å²) < 4.78 is 0. The second-order valence-corrected chi connectivity index (χ2v) is 9.04. The number of carbonyl (C=O) groups is 2. The zero-order valence-corrected chi connectivity index (χ0v) is 17.9. The smallest absolute Gasteiger partial charge is 0.264 e. The number of carbonyl (C=O) groups excluding carboxylic acids is 2. The Hall–Kier alpha value is -2.18. The summed E-state index contributed by atoms with van der Waals surface area (Å²) in [5, 5.41) is 1.95. The van der Waals surface area contributed by atoms with Crippen molar-refractivity contribution in [2.24, 2.45) is 0 Å². The Morgan fingerprint density at radius 3 is 2.48 bits per heavy atom. The fraction of sp³-hybridized carbons (Fsp3) is 0.478. The van der Waals surface area contributed by atoms with Crippen LogP contribution in [0, 0.1) is 6.92 Å². The molecule has 2 aliphatic heterocycles. The molecule has 29 heavy (non-hydrogen) atoms. The number of thiophene rings is 1. The van der Waals surface area contributed by atoms with E-state index in [2.05, 4.69) is 36.1 Å². The third-order valence-corrected chi connectivity index (χ3v) is 6.98. The lowest BCUT2D eigenvalue weighted by molar-refractivity contribution is -0.131. The molecule has 2 aromatic rings. The number of rotatable bonds is 4. The van der Waals surface area contributed by atoms with Gasteiger partial charge in [0.2, 0.25) is 5.91 Å². The van der Waals surface area contributed by atoms with Crippen molar-refractivity contribution < 1.29 is 9.59 Å². The molecular weight excluding hydrogens is 382 g/mol. The van der Waals surface area contributed by atoms with Crippen LogP contribution in [0.1, 0.15) is 40.1 Å². The molecule has 2 aliphatic rings. The molecule has 5 nitrogen and oxygen atoms in total. The summed E-state index contributed by atoms with van der Waals surface area (Å²) in [4.78, 5) is 32.5. The largest absolute Gasteiger partial charge is 0.338 e. The Kier molecular flexibility index (Phi) is 6.31. The number of benzene rings is 1. The highest BCUT2D eigenvalue weighted by Crippen LogP contribution is 2.22. The van der Waals surface area contributed by atoms with E-state index in [0.29, 0.717) is 19.0 Å². The number of aryl methyl sites for hydroxylation is 1. The molecule has 2 saturated heterocycles. The SMILES string of the molecule is Cc1ccc(CN2CC[C@@H](N3CCN(C(=O)c4cccs4)CC3)CCC2=O)cc1. The van der Waals surface area contributed by atoms with Gasteiger partial charge in [-0.1, -0.05) is 35.9 Å². The van der Waals surface area contributed by atoms with Gasteiger partial charge in [-0.25, -0.2) is 0 Å². The van der Waals surface area contributed by atoms with Crippen LogP contribution >= 0.6 is 11.3 Å². The summed E-state index contributed by atoms with van der Waals surface area (Å²) in [5.74, 6) is 0.416. The highest BCUT2D eigenvalue weighted by Gasteiger charge is 2.30. The number of hydrogen-bond acceptors (Lipinski definition) is 4. The van der Waals surface area contributed by atoms with Crippen molar-refractivity contribution in [3.05, 3.63) is 57.8 Å². The molecule has 2 fully saturated rings. The van der Waals surface area contributed by atoms with Gasteiger partial charge in [-0.05, 0) is 36.8 Å². The molecule has 2 amide bonds. The number of hydrogen-bond donors (Lipinski definition) is 0. The van der Waals surface area contributed by atoms with Gasteiger partial charge in [0.15, 0.2) is 0 Å². The predicted octanol–water partition coefficient (Wildman–Crippen LogP) is 3.40. The maximum atomic E-state index is 12.6. The van der Waals surface area contributed by atoms with Crippen LogP contribution in [0.2, 0.25) is 0 Å². The average Bonchev–Trinajstić information content (AvgIpc) is 3.22. The second-order valence-electron chi connectivity index (χ2n) is 8.09. The molecule has 4 rings (SSSR count). The minimum Gasteiger partial charge on any atom is -0.338 e. The zero-order valence-electron chi connectivity index (χ0n) is 17.0. The van der Waals surface area contributed by atoms with E-state index in [4.69, 9.17) is 0 Å². The predicted molar refractivity (Wildman–Crippen MR) is 116 cm³/mol. The monoisotopic (exact) mass is 411 g/mol. The van der Waals surface area contributed by atoms with Crippen LogP contribution in [-0.2, 0) is 11.3 Å². The normalized spacial score (nSPS) is 21.3. The van der Waals surface area contributed by atoms with E-state index >= 15 is 0 Å². The lowest BCUT2D eigenvalue weighted by Crippen LogP contribution is -2.52. The maximum Gasteiger partial charge on any atom is 0.264 e. The first kappa shape index (κ1) is 20.1. The van der Waals surface area contributed by atoms with E-state index in [1.54, 1.807) is 0 Å². The summed E-state index contributed by atoms with van der Waals surface area (Å²) in [5.41, 5.74) is 2.44. The van der Waals surface area contributed by atoms with E-state index in [9.17, 15) is 9.59 Å². The van der Waals surface area contributed by atoms with Crippen molar-refractivity contribution in [2.45, 2.75) is 38.8 Å². The Labute approximate surface area is 176 Å². The van der Waals surface area contributed by atoms with Crippen LogP contribution in [0.15, 0.2) is 41.8 Å². The molecule has 0 radical (unpaired) electrons. The Balaban J connectivity index is 1.30. The topological polar surface area (TPSA) is 43.9 Å². The van der Waals surface area contributed by atoms with Gasteiger partial charge in [-0.2, -0.15) is 0 Å². The number of amides is 2. The van der Waals surface area contributed by atoms with Gasteiger partial charge in [0, 0.05) is 51.7 Å². The molecule has 0 aliphatic carbocycles. The Bertz CT molecular complexity index is 826. The van der Waals surface area contributed by atoms with E-state index in [1.807, 2.05) is 27.3 Å². The van der Waals surface area contributed by atoms with E-state index in [0.717, 1.165) is 50.4 Å². The van der Waals surface area contributed by atoms with E-state index in [-0.39, 0.29) is 11.8 Å². The maximum absolute atomic E-state index is 12.6.